The predicted molar refractivity (Wildman–Crippen MR) is 100 cm³/mol. The Morgan fingerprint density at radius 2 is 2.00 bits per heavy atom. The second kappa shape index (κ2) is 8.28. The maximum Gasteiger partial charge on any atom is 0.271 e. The van der Waals surface area contributed by atoms with Gasteiger partial charge in [-0.25, -0.2) is 0 Å². The Morgan fingerprint density at radius 1 is 1.19 bits per heavy atom. The van der Waals surface area contributed by atoms with Gasteiger partial charge in [-0.2, -0.15) is 4.98 Å². The Balaban J connectivity index is 1.77. The molecule has 3 N–H and O–H groups in total. The second-order valence-electron chi connectivity index (χ2n) is 5.82. The molecule has 0 aliphatic rings. The molecule has 0 amide bonds. The molecule has 140 valence electrons. The number of non-ortho nitro benzene ring substituents is 1. The van der Waals surface area contributed by atoms with Gasteiger partial charge in [0, 0.05) is 24.2 Å². The van der Waals surface area contributed by atoms with Crippen LogP contribution in [0.5, 0.6) is 0 Å². The molecule has 0 spiro atoms. The van der Waals surface area contributed by atoms with Crippen molar-refractivity contribution in [2.24, 2.45) is 0 Å². The third-order valence-electron chi connectivity index (χ3n) is 3.93. The van der Waals surface area contributed by atoms with Gasteiger partial charge < -0.3 is 20.3 Å². The van der Waals surface area contributed by atoms with E-state index in [4.69, 9.17) is 9.63 Å². The van der Waals surface area contributed by atoms with Crippen LogP contribution in [0.3, 0.4) is 0 Å². The summed E-state index contributed by atoms with van der Waals surface area (Å²) in [5.74, 6) is 0.843. The maximum atomic E-state index is 11.0. The molecular formula is C18H19N5O4. The average molecular weight is 369 g/mol. The van der Waals surface area contributed by atoms with Crippen LogP contribution >= 0.6 is 0 Å². The quantitative estimate of drug-likeness (QED) is 0.409. The van der Waals surface area contributed by atoms with Gasteiger partial charge in [-0.15, -0.1) is 0 Å². The monoisotopic (exact) mass is 369 g/mol. The molecule has 2 aromatic carbocycles. The minimum atomic E-state index is -0.468. The van der Waals surface area contributed by atoms with Crippen molar-refractivity contribution in [3.8, 4) is 11.4 Å². The van der Waals surface area contributed by atoms with Crippen molar-refractivity contribution in [2.45, 2.75) is 13.5 Å². The summed E-state index contributed by atoms with van der Waals surface area (Å²) in [6.07, 6.45) is 0. The highest BCUT2D eigenvalue weighted by atomic mass is 16.6. The molecule has 27 heavy (non-hydrogen) atoms. The zero-order chi connectivity index (χ0) is 19.2. The summed E-state index contributed by atoms with van der Waals surface area (Å²) in [4.78, 5) is 14.9. The van der Waals surface area contributed by atoms with Crippen LogP contribution in [0.25, 0.3) is 11.4 Å². The van der Waals surface area contributed by atoms with Gasteiger partial charge in [0.15, 0.2) is 0 Å². The fourth-order valence-electron chi connectivity index (χ4n) is 2.57. The summed E-state index contributed by atoms with van der Waals surface area (Å²) in [7, 11) is 0. The van der Waals surface area contributed by atoms with E-state index >= 15 is 0 Å². The van der Waals surface area contributed by atoms with Crippen LogP contribution in [0, 0.1) is 17.0 Å². The van der Waals surface area contributed by atoms with Crippen LogP contribution in [0.1, 0.15) is 11.5 Å². The highest BCUT2D eigenvalue weighted by Gasteiger charge is 2.13. The summed E-state index contributed by atoms with van der Waals surface area (Å²) in [5.41, 5.74) is 3.01. The lowest BCUT2D eigenvalue weighted by Gasteiger charge is -2.12. The lowest BCUT2D eigenvalue weighted by Crippen LogP contribution is -2.09. The number of aryl methyl sites for hydroxylation is 1. The lowest BCUT2D eigenvalue weighted by molar-refractivity contribution is -0.384. The Morgan fingerprint density at radius 3 is 2.74 bits per heavy atom. The van der Waals surface area contributed by atoms with E-state index in [0.29, 0.717) is 29.6 Å². The number of aliphatic hydroxyl groups excluding tert-OH is 1. The van der Waals surface area contributed by atoms with E-state index in [9.17, 15) is 10.1 Å². The van der Waals surface area contributed by atoms with Crippen LogP contribution in [0.15, 0.2) is 47.0 Å². The van der Waals surface area contributed by atoms with E-state index in [1.54, 1.807) is 6.07 Å². The zero-order valence-corrected chi connectivity index (χ0v) is 14.7. The molecule has 9 nitrogen and oxygen atoms in total. The number of aliphatic hydroxyl groups is 1. The third-order valence-corrected chi connectivity index (χ3v) is 3.93. The van der Waals surface area contributed by atoms with E-state index < -0.39 is 4.92 Å². The average Bonchev–Trinajstić information content (AvgIpc) is 3.14. The van der Waals surface area contributed by atoms with Crippen molar-refractivity contribution in [2.75, 3.05) is 23.8 Å². The highest BCUT2D eigenvalue weighted by Crippen LogP contribution is 2.27. The highest BCUT2D eigenvalue weighted by molar-refractivity contribution is 5.72. The number of aromatic nitrogens is 2. The number of nitrogens with one attached hydrogen (secondary N) is 2. The fraction of sp³-hybridized carbons (Fsp3) is 0.222. The standard InChI is InChI=1S/C18H19N5O4/c1-12-4-2-3-5-14(12)18-21-17(27-22-18)11-20-16-10-13(23(25)26)6-7-15(16)19-8-9-24/h2-7,10,19-20,24H,8-9,11H2,1H3. The molecular weight excluding hydrogens is 350 g/mol. The minimum Gasteiger partial charge on any atom is -0.395 e. The van der Waals surface area contributed by atoms with Gasteiger partial charge in [0.25, 0.3) is 5.69 Å². The predicted octanol–water partition coefficient (Wildman–Crippen LogP) is 2.97. The van der Waals surface area contributed by atoms with E-state index in [1.165, 1.54) is 12.1 Å². The number of hydrogen-bond donors (Lipinski definition) is 3. The summed E-state index contributed by atoms with van der Waals surface area (Å²) in [6.45, 7) is 2.43. The minimum absolute atomic E-state index is 0.0434. The molecule has 0 saturated heterocycles. The normalized spacial score (nSPS) is 10.6. The van der Waals surface area contributed by atoms with Crippen LogP contribution in [-0.2, 0) is 6.54 Å². The Labute approximate surface area is 155 Å². The molecule has 1 heterocycles. The number of nitro groups is 1. The number of hydrogen-bond acceptors (Lipinski definition) is 8. The van der Waals surface area contributed by atoms with Crippen LogP contribution in [0.4, 0.5) is 17.1 Å². The SMILES string of the molecule is Cc1ccccc1-c1noc(CNc2cc([N+](=O)[O-])ccc2NCCO)n1. The van der Waals surface area contributed by atoms with Gasteiger partial charge in [-0.1, -0.05) is 29.4 Å². The van der Waals surface area contributed by atoms with Crippen LogP contribution < -0.4 is 10.6 Å². The molecule has 3 aromatic rings. The molecule has 0 aliphatic carbocycles. The molecule has 0 aliphatic heterocycles. The molecule has 0 fully saturated rings. The van der Waals surface area contributed by atoms with Gasteiger partial charge in [0.05, 0.1) is 29.4 Å². The van der Waals surface area contributed by atoms with Crippen molar-refractivity contribution in [1.82, 2.24) is 10.1 Å². The molecule has 9 heteroatoms. The molecule has 0 radical (unpaired) electrons. The van der Waals surface area contributed by atoms with Gasteiger partial charge in [0.2, 0.25) is 11.7 Å². The number of anilines is 2. The maximum absolute atomic E-state index is 11.0. The van der Waals surface area contributed by atoms with Crippen molar-refractivity contribution in [1.29, 1.82) is 0 Å². The first-order chi connectivity index (χ1) is 13.1. The first-order valence-corrected chi connectivity index (χ1v) is 8.34. The molecule has 0 bridgehead atoms. The third kappa shape index (κ3) is 4.39. The smallest absolute Gasteiger partial charge is 0.271 e. The topological polar surface area (TPSA) is 126 Å². The van der Waals surface area contributed by atoms with E-state index in [1.807, 2.05) is 31.2 Å². The Hall–Kier alpha value is -3.46. The molecule has 1 aromatic heterocycles. The first kappa shape index (κ1) is 18.3. The molecule has 0 unspecified atom stereocenters. The number of nitro benzene ring substituents is 1. The van der Waals surface area contributed by atoms with Crippen LogP contribution in [-0.4, -0.2) is 33.3 Å². The Bertz CT molecular complexity index is 941. The van der Waals surface area contributed by atoms with Gasteiger partial charge in [0.1, 0.15) is 0 Å². The molecule has 3 rings (SSSR count). The summed E-state index contributed by atoms with van der Waals surface area (Å²) in [6, 6.07) is 12.1. The summed E-state index contributed by atoms with van der Waals surface area (Å²) < 4.78 is 5.28. The van der Waals surface area contributed by atoms with Crippen molar-refractivity contribution >= 4 is 17.1 Å². The van der Waals surface area contributed by atoms with E-state index in [-0.39, 0.29) is 18.8 Å². The van der Waals surface area contributed by atoms with Gasteiger partial charge in [-0.05, 0) is 18.6 Å². The number of rotatable bonds is 8. The number of nitrogens with zero attached hydrogens (tertiary/aromatic N) is 3. The van der Waals surface area contributed by atoms with Crippen LogP contribution in [0.2, 0.25) is 0 Å². The van der Waals surface area contributed by atoms with Crippen molar-refractivity contribution in [3.05, 3.63) is 64.0 Å². The summed E-state index contributed by atoms with van der Waals surface area (Å²) >= 11 is 0. The molecule has 0 atom stereocenters. The lowest BCUT2D eigenvalue weighted by atomic mass is 10.1. The largest absolute Gasteiger partial charge is 0.395 e. The van der Waals surface area contributed by atoms with Gasteiger partial charge in [-0.3, -0.25) is 10.1 Å². The zero-order valence-electron chi connectivity index (χ0n) is 14.7. The van der Waals surface area contributed by atoms with Crippen molar-refractivity contribution < 1.29 is 14.6 Å². The number of benzene rings is 2. The van der Waals surface area contributed by atoms with E-state index in [2.05, 4.69) is 20.8 Å². The van der Waals surface area contributed by atoms with Crippen molar-refractivity contribution in [3.63, 3.8) is 0 Å². The second-order valence-corrected chi connectivity index (χ2v) is 5.82. The summed E-state index contributed by atoms with van der Waals surface area (Å²) in [5, 5.41) is 30.1. The van der Waals surface area contributed by atoms with Gasteiger partial charge >= 0.3 is 0 Å². The van der Waals surface area contributed by atoms with E-state index in [0.717, 1.165) is 11.1 Å². The Kier molecular flexibility index (Phi) is 5.62. The fourth-order valence-corrected chi connectivity index (χ4v) is 2.57. The first-order valence-electron chi connectivity index (χ1n) is 8.34. The molecule has 0 saturated carbocycles.